The van der Waals surface area contributed by atoms with E-state index in [1.54, 1.807) is 0 Å². The van der Waals surface area contributed by atoms with Crippen LogP contribution in [-0.2, 0) is 9.47 Å². The van der Waals surface area contributed by atoms with E-state index in [2.05, 4.69) is 17.6 Å². The Morgan fingerprint density at radius 2 is 1.73 bits per heavy atom. The summed E-state index contributed by atoms with van der Waals surface area (Å²) in [7, 11) is 0. The fourth-order valence-electron chi connectivity index (χ4n) is 3.28. The highest BCUT2D eigenvalue weighted by Gasteiger charge is 2.33. The van der Waals surface area contributed by atoms with Gasteiger partial charge in [0.15, 0.2) is 0 Å². The van der Waals surface area contributed by atoms with Crippen molar-refractivity contribution < 1.29 is 14.3 Å². The van der Waals surface area contributed by atoms with Crippen LogP contribution in [0, 0.1) is 0 Å². The summed E-state index contributed by atoms with van der Waals surface area (Å²) >= 11 is 0. The van der Waals surface area contributed by atoms with Crippen molar-refractivity contribution in [3.05, 3.63) is 0 Å². The average molecular weight is 312 g/mol. The quantitative estimate of drug-likeness (QED) is 0.841. The van der Waals surface area contributed by atoms with E-state index in [1.807, 2.05) is 20.8 Å². The molecule has 0 radical (unpaired) electrons. The first-order chi connectivity index (χ1) is 10.3. The zero-order valence-electron chi connectivity index (χ0n) is 14.5. The Balaban J connectivity index is 1.70. The molecule has 22 heavy (non-hydrogen) atoms. The lowest BCUT2D eigenvalue weighted by Crippen LogP contribution is -2.46. The summed E-state index contributed by atoms with van der Waals surface area (Å²) in [5.41, 5.74) is -0.407. The van der Waals surface area contributed by atoms with Gasteiger partial charge >= 0.3 is 6.09 Å². The Morgan fingerprint density at radius 1 is 1.14 bits per heavy atom. The molecule has 0 unspecified atom stereocenters. The standard InChI is InChI=1S/C17H32N2O3/c1-16(2,3)22-15(20)19-13-5-7-14(8-6-13)21-17(4)9-11-18-12-10-17/h13-14,18H,5-12H2,1-4H3,(H,19,20). The number of ether oxygens (including phenoxy) is 2. The smallest absolute Gasteiger partial charge is 0.407 e. The Labute approximate surface area is 134 Å². The van der Waals surface area contributed by atoms with Gasteiger partial charge in [0.2, 0.25) is 0 Å². The van der Waals surface area contributed by atoms with E-state index in [1.165, 1.54) is 0 Å². The molecule has 2 rings (SSSR count). The molecule has 2 fully saturated rings. The molecular weight excluding hydrogens is 280 g/mol. The van der Waals surface area contributed by atoms with E-state index in [0.29, 0.717) is 6.10 Å². The number of alkyl carbamates (subject to hydrolysis) is 1. The van der Waals surface area contributed by atoms with E-state index >= 15 is 0 Å². The number of hydrogen-bond acceptors (Lipinski definition) is 4. The first-order valence-electron chi connectivity index (χ1n) is 8.64. The minimum Gasteiger partial charge on any atom is -0.444 e. The summed E-state index contributed by atoms with van der Waals surface area (Å²) in [5, 5.41) is 6.37. The van der Waals surface area contributed by atoms with Gasteiger partial charge in [0, 0.05) is 6.04 Å². The van der Waals surface area contributed by atoms with Crippen LogP contribution in [0.3, 0.4) is 0 Å². The van der Waals surface area contributed by atoms with Gasteiger partial charge in [-0.05, 0) is 79.3 Å². The van der Waals surface area contributed by atoms with Crippen LogP contribution in [0.2, 0.25) is 0 Å². The van der Waals surface area contributed by atoms with Crippen LogP contribution in [0.25, 0.3) is 0 Å². The number of nitrogens with one attached hydrogen (secondary N) is 2. The normalized spacial score (nSPS) is 28.9. The van der Waals surface area contributed by atoms with Gasteiger partial charge in [0.1, 0.15) is 5.60 Å². The second kappa shape index (κ2) is 7.18. The van der Waals surface area contributed by atoms with Crippen molar-refractivity contribution >= 4 is 6.09 Å². The Hall–Kier alpha value is -0.810. The van der Waals surface area contributed by atoms with Gasteiger partial charge in [-0.2, -0.15) is 0 Å². The third-order valence-corrected chi connectivity index (χ3v) is 4.51. The molecule has 2 N–H and O–H groups in total. The van der Waals surface area contributed by atoms with Crippen LogP contribution in [-0.4, -0.2) is 42.5 Å². The number of amides is 1. The van der Waals surface area contributed by atoms with Crippen molar-refractivity contribution in [2.75, 3.05) is 13.1 Å². The van der Waals surface area contributed by atoms with Gasteiger partial charge in [-0.15, -0.1) is 0 Å². The van der Waals surface area contributed by atoms with Crippen molar-refractivity contribution in [3.8, 4) is 0 Å². The first kappa shape index (κ1) is 17.5. The van der Waals surface area contributed by atoms with Gasteiger partial charge in [-0.1, -0.05) is 0 Å². The molecule has 0 bridgehead atoms. The largest absolute Gasteiger partial charge is 0.444 e. The molecule has 1 aliphatic heterocycles. The number of hydrogen-bond donors (Lipinski definition) is 2. The van der Waals surface area contributed by atoms with Crippen LogP contribution in [0.15, 0.2) is 0 Å². The van der Waals surface area contributed by atoms with Gasteiger partial charge in [-0.3, -0.25) is 0 Å². The predicted molar refractivity (Wildman–Crippen MR) is 87.0 cm³/mol. The lowest BCUT2D eigenvalue weighted by molar-refractivity contribution is -0.111. The molecule has 5 nitrogen and oxygen atoms in total. The summed E-state index contributed by atoms with van der Waals surface area (Å²) < 4.78 is 11.7. The van der Waals surface area contributed by atoms with Crippen molar-refractivity contribution in [3.63, 3.8) is 0 Å². The van der Waals surface area contributed by atoms with E-state index in [4.69, 9.17) is 9.47 Å². The van der Waals surface area contributed by atoms with Crippen LogP contribution >= 0.6 is 0 Å². The van der Waals surface area contributed by atoms with Crippen molar-refractivity contribution in [1.29, 1.82) is 0 Å². The fraction of sp³-hybridized carbons (Fsp3) is 0.941. The summed E-state index contributed by atoms with van der Waals surface area (Å²) in [6, 6.07) is 0.218. The molecular formula is C17H32N2O3. The van der Waals surface area contributed by atoms with Gasteiger partial charge in [0.05, 0.1) is 11.7 Å². The molecule has 0 aromatic heterocycles. The van der Waals surface area contributed by atoms with Gasteiger partial charge in [-0.25, -0.2) is 4.79 Å². The zero-order valence-corrected chi connectivity index (χ0v) is 14.5. The van der Waals surface area contributed by atoms with Crippen LogP contribution in [0.4, 0.5) is 4.79 Å². The second-order valence-electron chi connectivity index (χ2n) is 7.94. The van der Waals surface area contributed by atoms with Crippen molar-refractivity contribution in [1.82, 2.24) is 10.6 Å². The van der Waals surface area contributed by atoms with E-state index in [-0.39, 0.29) is 17.7 Å². The van der Waals surface area contributed by atoms with E-state index < -0.39 is 5.60 Å². The summed E-state index contributed by atoms with van der Waals surface area (Å²) in [6.07, 6.45) is 6.18. The first-order valence-corrected chi connectivity index (χ1v) is 8.64. The highest BCUT2D eigenvalue weighted by atomic mass is 16.6. The number of carbonyl (C=O) groups is 1. The summed E-state index contributed by atoms with van der Waals surface area (Å²) in [4.78, 5) is 11.8. The van der Waals surface area contributed by atoms with Crippen LogP contribution in [0.1, 0.15) is 66.2 Å². The number of rotatable bonds is 3. The monoisotopic (exact) mass is 312 g/mol. The molecule has 128 valence electrons. The Bertz CT molecular complexity index is 365. The van der Waals surface area contributed by atoms with Gasteiger partial charge in [0.25, 0.3) is 0 Å². The maximum Gasteiger partial charge on any atom is 0.407 e. The molecule has 0 spiro atoms. The van der Waals surface area contributed by atoms with E-state index in [0.717, 1.165) is 51.6 Å². The molecule has 0 atom stereocenters. The molecule has 1 saturated carbocycles. The third kappa shape index (κ3) is 5.76. The highest BCUT2D eigenvalue weighted by Crippen LogP contribution is 2.30. The molecule has 1 saturated heterocycles. The van der Waals surface area contributed by atoms with Crippen LogP contribution in [0.5, 0.6) is 0 Å². The lowest BCUT2D eigenvalue weighted by Gasteiger charge is -2.39. The molecule has 1 amide bonds. The predicted octanol–water partition coefficient (Wildman–Crippen LogP) is 2.98. The Kier molecular flexibility index (Phi) is 5.72. The highest BCUT2D eigenvalue weighted by molar-refractivity contribution is 5.68. The topological polar surface area (TPSA) is 59.6 Å². The zero-order chi connectivity index (χ0) is 16.2. The number of carbonyl (C=O) groups excluding carboxylic acids is 1. The molecule has 2 aliphatic rings. The van der Waals surface area contributed by atoms with Gasteiger partial charge < -0.3 is 20.1 Å². The maximum absolute atomic E-state index is 11.8. The fourth-order valence-corrected chi connectivity index (χ4v) is 3.28. The third-order valence-electron chi connectivity index (χ3n) is 4.51. The molecule has 1 aliphatic carbocycles. The minimum atomic E-state index is -0.437. The summed E-state index contributed by atoms with van der Waals surface area (Å²) in [5.74, 6) is 0. The second-order valence-corrected chi connectivity index (χ2v) is 7.94. The molecule has 5 heteroatoms. The Morgan fingerprint density at radius 3 is 2.27 bits per heavy atom. The number of piperidine rings is 1. The minimum absolute atomic E-state index is 0.0291. The maximum atomic E-state index is 11.8. The SMILES string of the molecule is CC(C)(C)OC(=O)NC1CCC(OC2(C)CCNCC2)CC1. The lowest BCUT2D eigenvalue weighted by atomic mass is 9.90. The van der Waals surface area contributed by atoms with E-state index in [9.17, 15) is 4.79 Å². The molecule has 1 heterocycles. The molecule has 0 aromatic rings. The van der Waals surface area contributed by atoms with Crippen molar-refractivity contribution in [2.45, 2.75) is 89.6 Å². The van der Waals surface area contributed by atoms with Crippen molar-refractivity contribution in [2.24, 2.45) is 0 Å². The average Bonchev–Trinajstić information content (AvgIpc) is 2.39. The summed E-state index contributed by atoms with van der Waals surface area (Å²) in [6.45, 7) is 9.99. The van der Waals surface area contributed by atoms with Crippen LogP contribution < -0.4 is 10.6 Å². The molecule has 0 aromatic carbocycles.